The normalized spacial score (nSPS) is 11.7. The van der Waals surface area contributed by atoms with Crippen LogP contribution in [0, 0.1) is 0 Å². The highest BCUT2D eigenvalue weighted by Gasteiger charge is 2.15. The molecule has 0 radical (unpaired) electrons. The van der Waals surface area contributed by atoms with E-state index in [2.05, 4.69) is 21.2 Å². The van der Waals surface area contributed by atoms with Gasteiger partial charge < -0.3 is 10.1 Å². The Bertz CT molecular complexity index is 557. The lowest BCUT2D eigenvalue weighted by atomic mass is 10.3. The average Bonchev–Trinajstić information content (AvgIpc) is 2.42. The average molecular weight is 320 g/mol. The number of para-hydroxylation sites is 2. The molecular weight excluding hydrogens is 306 g/mol. The van der Waals surface area contributed by atoms with Crippen LogP contribution in [0.2, 0.25) is 0 Å². The Morgan fingerprint density at radius 1 is 1.11 bits per heavy atom. The molecule has 19 heavy (non-hydrogen) atoms. The molecule has 4 heteroatoms. The van der Waals surface area contributed by atoms with E-state index in [-0.39, 0.29) is 5.91 Å². The third-order valence-electron chi connectivity index (χ3n) is 2.55. The smallest absolute Gasteiger partial charge is 0.265 e. The van der Waals surface area contributed by atoms with E-state index in [4.69, 9.17) is 4.74 Å². The summed E-state index contributed by atoms with van der Waals surface area (Å²) in [7, 11) is 0. The quantitative estimate of drug-likeness (QED) is 0.929. The number of halogens is 1. The van der Waals surface area contributed by atoms with Crippen LogP contribution in [0.15, 0.2) is 59.1 Å². The van der Waals surface area contributed by atoms with Crippen LogP contribution in [-0.4, -0.2) is 12.0 Å². The van der Waals surface area contributed by atoms with Gasteiger partial charge in [0.15, 0.2) is 6.10 Å². The lowest BCUT2D eigenvalue weighted by Gasteiger charge is -2.15. The molecule has 0 aliphatic rings. The monoisotopic (exact) mass is 319 g/mol. The molecule has 0 saturated carbocycles. The maximum Gasteiger partial charge on any atom is 0.265 e. The van der Waals surface area contributed by atoms with Gasteiger partial charge in [0.1, 0.15) is 5.75 Å². The molecule has 1 atom stereocenters. The first-order valence-electron chi connectivity index (χ1n) is 5.94. The number of hydrogen-bond acceptors (Lipinski definition) is 2. The highest BCUT2D eigenvalue weighted by molar-refractivity contribution is 9.10. The van der Waals surface area contributed by atoms with Crippen molar-refractivity contribution in [3.63, 3.8) is 0 Å². The molecule has 0 bridgehead atoms. The molecule has 1 amide bonds. The molecule has 0 spiro atoms. The first-order chi connectivity index (χ1) is 9.16. The van der Waals surface area contributed by atoms with E-state index >= 15 is 0 Å². The molecule has 3 nitrogen and oxygen atoms in total. The van der Waals surface area contributed by atoms with Crippen molar-refractivity contribution in [3.8, 4) is 5.75 Å². The van der Waals surface area contributed by atoms with Gasteiger partial charge >= 0.3 is 0 Å². The summed E-state index contributed by atoms with van der Waals surface area (Å²) in [6, 6.07) is 16.8. The second kappa shape index (κ2) is 6.38. The first kappa shape index (κ1) is 13.6. The van der Waals surface area contributed by atoms with Crippen LogP contribution in [0.3, 0.4) is 0 Å². The molecule has 0 aromatic heterocycles. The Morgan fingerprint density at radius 2 is 1.74 bits per heavy atom. The SMILES string of the molecule is CC(Oc1ccccc1Br)C(=O)Nc1ccccc1. The molecule has 0 aliphatic heterocycles. The number of nitrogens with one attached hydrogen (secondary N) is 1. The first-order valence-corrected chi connectivity index (χ1v) is 6.73. The van der Waals surface area contributed by atoms with Crippen molar-refractivity contribution >= 4 is 27.5 Å². The van der Waals surface area contributed by atoms with E-state index in [0.717, 1.165) is 10.2 Å². The van der Waals surface area contributed by atoms with Crippen LogP contribution in [0.1, 0.15) is 6.92 Å². The van der Waals surface area contributed by atoms with E-state index in [1.807, 2.05) is 54.6 Å². The third kappa shape index (κ3) is 3.83. The van der Waals surface area contributed by atoms with Gasteiger partial charge in [0.25, 0.3) is 5.91 Å². The lowest BCUT2D eigenvalue weighted by Crippen LogP contribution is -2.30. The Balaban J connectivity index is 1.98. The van der Waals surface area contributed by atoms with Gasteiger partial charge in [-0.05, 0) is 47.1 Å². The van der Waals surface area contributed by atoms with Gasteiger partial charge in [-0.1, -0.05) is 30.3 Å². The van der Waals surface area contributed by atoms with Crippen LogP contribution in [0.25, 0.3) is 0 Å². The predicted molar refractivity (Wildman–Crippen MR) is 79.3 cm³/mol. The summed E-state index contributed by atoms with van der Waals surface area (Å²) in [6.07, 6.45) is -0.570. The van der Waals surface area contributed by atoms with Gasteiger partial charge in [-0.25, -0.2) is 0 Å². The second-order valence-electron chi connectivity index (χ2n) is 4.05. The minimum Gasteiger partial charge on any atom is -0.480 e. The topological polar surface area (TPSA) is 38.3 Å². The van der Waals surface area contributed by atoms with Crippen molar-refractivity contribution < 1.29 is 9.53 Å². The van der Waals surface area contributed by atoms with E-state index in [9.17, 15) is 4.79 Å². The van der Waals surface area contributed by atoms with Crippen molar-refractivity contribution in [1.82, 2.24) is 0 Å². The molecule has 2 aromatic rings. The van der Waals surface area contributed by atoms with Crippen molar-refractivity contribution in [2.24, 2.45) is 0 Å². The Kier molecular flexibility index (Phi) is 4.58. The van der Waals surface area contributed by atoms with Crippen LogP contribution in [0.4, 0.5) is 5.69 Å². The molecule has 0 aliphatic carbocycles. The van der Waals surface area contributed by atoms with Crippen LogP contribution < -0.4 is 10.1 Å². The number of rotatable bonds is 4. The molecule has 0 saturated heterocycles. The van der Waals surface area contributed by atoms with Gasteiger partial charge in [0, 0.05) is 5.69 Å². The summed E-state index contributed by atoms with van der Waals surface area (Å²) < 4.78 is 6.45. The molecule has 1 N–H and O–H groups in total. The fourth-order valence-electron chi connectivity index (χ4n) is 1.55. The number of ether oxygens (including phenoxy) is 1. The maximum atomic E-state index is 12.0. The van der Waals surface area contributed by atoms with E-state index in [1.54, 1.807) is 6.92 Å². The molecule has 2 aromatic carbocycles. The Labute approximate surface area is 120 Å². The number of anilines is 1. The summed E-state index contributed by atoms with van der Waals surface area (Å²) in [6.45, 7) is 1.72. The van der Waals surface area contributed by atoms with E-state index in [0.29, 0.717) is 5.75 Å². The molecule has 2 rings (SSSR count). The molecule has 0 heterocycles. The van der Waals surface area contributed by atoms with Gasteiger partial charge in [-0.15, -0.1) is 0 Å². The second-order valence-corrected chi connectivity index (χ2v) is 4.90. The summed E-state index contributed by atoms with van der Waals surface area (Å²) in [4.78, 5) is 12.0. The van der Waals surface area contributed by atoms with Crippen molar-refractivity contribution in [1.29, 1.82) is 0 Å². The fraction of sp³-hybridized carbons (Fsp3) is 0.133. The summed E-state index contributed by atoms with van der Waals surface area (Å²) in [5.41, 5.74) is 0.759. The number of carbonyl (C=O) groups is 1. The van der Waals surface area contributed by atoms with Crippen molar-refractivity contribution in [2.75, 3.05) is 5.32 Å². The van der Waals surface area contributed by atoms with Gasteiger partial charge in [0.05, 0.1) is 4.47 Å². The lowest BCUT2D eigenvalue weighted by molar-refractivity contribution is -0.122. The summed E-state index contributed by atoms with van der Waals surface area (Å²) in [5, 5.41) is 2.80. The molecule has 98 valence electrons. The van der Waals surface area contributed by atoms with E-state index in [1.165, 1.54) is 0 Å². The molecule has 1 unspecified atom stereocenters. The maximum absolute atomic E-state index is 12.0. The van der Waals surface area contributed by atoms with Crippen molar-refractivity contribution in [2.45, 2.75) is 13.0 Å². The zero-order valence-electron chi connectivity index (χ0n) is 10.5. The number of amides is 1. The summed E-state index contributed by atoms with van der Waals surface area (Å²) in [5.74, 6) is 0.472. The van der Waals surface area contributed by atoms with E-state index < -0.39 is 6.10 Å². The minimum atomic E-state index is -0.570. The van der Waals surface area contributed by atoms with Crippen LogP contribution in [0.5, 0.6) is 5.75 Å². The number of carbonyl (C=O) groups excluding carboxylic acids is 1. The van der Waals surface area contributed by atoms with Crippen LogP contribution in [-0.2, 0) is 4.79 Å². The van der Waals surface area contributed by atoms with Gasteiger partial charge in [-0.3, -0.25) is 4.79 Å². The molecular formula is C15H14BrNO2. The standard InChI is InChI=1S/C15H14BrNO2/c1-11(19-14-10-6-5-9-13(14)16)15(18)17-12-7-3-2-4-8-12/h2-11H,1H3,(H,17,18). The van der Waals surface area contributed by atoms with Crippen LogP contribution >= 0.6 is 15.9 Å². The zero-order chi connectivity index (χ0) is 13.7. The number of benzene rings is 2. The third-order valence-corrected chi connectivity index (χ3v) is 3.21. The highest BCUT2D eigenvalue weighted by Crippen LogP contribution is 2.25. The number of hydrogen-bond donors (Lipinski definition) is 1. The predicted octanol–water partition coefficient (Wildman–Crippen LogP) is 3.86. The van der Waals surface area contributed by atoms with Crippen molar-refractivity contribution in [3.05, 3.63) is 59.1 Å². The fourth-order valence-corrected chi connectivity index (χ4v) is 1.93. The van der Waals surface area contributed by atoms with Gasteiger partial charge in [-0.2, -0.15) is 0 Å². The zero-order valence-corrected chi connectivity index (χ0v) is 12.1. The minimum absolute atomic E-state index is 0.179. The highest BCUT2D eigenvalue weighted by atomic mass is 79.9. The largest absolute Gasteiger partial charge is 0.480 e. The Hall–Kier alpha value is -1.81. The van der Waals surface area contributed by atoms with Gasteiger partial charge in [0.2, 0.25) is 0 Å². The Morgan fingerprint density at radius 3 is 2.42 bits per heavy atom. The summed E-state index contributed by atoms with van der Waals surface area (Å²) >= 11 is 3.38. The molecule has 0 fully saturated rings.